The maximum absolute atomic E-state index is 13.3. The minimum Gasteiger partial charge on any atom is -0.495 e. The van der Waals surface area contributed by atoms with E-state index in [9.17, 15) is 4.79 Å². The number of benzene rings is 1. The molecule has 1 aromatic carbocycles. The van der Waals surface area contributed by atoms with Gasteiger partial charge in [0.2, 0.25) is 0 Å². The van der Waals surface area contributed by atoms with Crippen molar-refractivity contribution in [3.05, 3.63) is 53.0 Å². The molecule has 1 fully saturated rings. The molecule has 5 aromatic rings. The van der Waals surface area contributed by atoms with E-state index < -0.39 is 0 Å². The van der Waals surface area contributed by atoms with Crippen LogP contribution in [0.5, 0.6) is 5.75 Å². The lowest BCUT2D eigenvalue weighted by atomic mass is 10.1. The number of nitrogens with one attached hydrogen (secondary N) is 4. The molecule has 1 aliphatic heterocycles. The number of anilines is 2. The summed E-state index contributed by atoms with van der Waals surface area (Å²) in [5.41, 5.74) is 4.29. The molecule has 0 saturated carbocycles. The van der Waals surface area contributed by atoms with Crippen LogP contribution in [0, 0.1) is 0 Å². The van der Waals surface area contributed by atoms with E-state index in [0.717, 1.165) is 24.3 Å². The minimum atomic E-state index is -0.299. The Labute approximate surface area is 205 Å². The van der Waals surface area contributed by atoms with Crippen molar-refractivity contribution in [3.8, 4) is 17.1 Å². The van der Waals surface area contributed by atoms with E-state index in [1.54, 1.807) is 31.8 Å². The zero-order valence-electron chi connectivity index (χ0n) is 19.8. The second kappa shape index (κ2) is 8.96. The van der Waals surface area contributed by atoms with Gasteiger partial charge in [0.25, 0.3) is 5.56 Å². The third kappa shape index (κ3) is 3.81. The summed E-state index contributed by atoms with van der Waals surface area (Å²) < 4.78 is 11.2. The Morgan fingerprint density at radius 3 is 2.72 bits per heavy atom. The van der Waals surface area contributed by atoms with Crippen molar-refractivity contribution in [1.82, 2.24) is 35.1 Å². The van der Waals surface area contributed by atoms with Gasteiger partial charge in [-0.2, -0.15) is 5.10 Å². The molecular formula is C24H25N9O3. The second-order valence-corrected chi connectivity index (χ2v) is 8.56. The molecule has 4 N–H and O–H groups in total. The van der Waals surface area contributed by atoms with E-state index >= 15 is 0 Å². The number of methoxy groups -OCH3 is 1. The number of fused-ring (bicyclic) bond motifs is 2. The van der Waals surface area contributed by atoms with Gasteiger partial charge in [-0.1, -0.05) is 0 Å². The molecule has 6 rings (SSSR count). The summed E-state index contributed by atoms with van der Waals surface area (Å²) in [4.78, 5) is 35.2. The summed E-state index contributed by atoms with van der Waals surface area (Å²) in [6, 6.07) is 5.37. The normalized spacial score (nSPS) is 14.9. The quantitative estimate of drug-likeness (QED) is 0.283. The van der Waals surface area contributed by atoms with Gasteiger partial charge < -0.3 is 29.7 Å². The fourth-order valence-electron chi connectivity index (χ4n) is 4.54. The number of ether oxygens (including phenoxy) is 2. The van der Waals surface area contributed by atoms with Crippen molar-refractivity contribution in [1.29, 1.82) is 0 Å². The van der Waals surface area contributed by atoms with Crippen molar-refractivity contribution in [3.63, 3.8) is 0 Å². The first kappa shape index (κ1) is 22.0. The van der Waals surface area contributed by atoms with E-state index in [-0.39, 0.29) is 11.6 Å². The van der Waals surface area contributed by atoms with Crippen LogP contribution in [0.25, 0.3) is 33.5 Å². The number of pyridine rings is 1. The molecule has 0 aliphatic carbocycles. The number of H-pyrrole nitrogens is 3. The number of nitrogens with zero attached hydrogens (tertiary/aromatic N) is 5. The van der Waals surface area contributed by atoms with Gasteiger partial charge in [-0.25, -0.2) is 15.0 Å². The molecule has 12 heteroatoms. The van der Waals surface area contributed by atoms with E-state index in [1.165, 1.54) is 0 Å². The highest BCUT2D eigenvalue weighted by molar-refractivity contribution is 5.97. The zero-order valence-corrected chi connectivity index (χ0v) is 19.8. The molecule has 184 valence electrons. The third-order valence-corrected chi connectivity index (χ3v) is 6.32. The Morgan fingerprint density at radius 2 is 1.94 bits per heavy atom. The lowest BCUT2D eigenvalue weighted by molar-refractivity contribution is 0.122. The maximum atomic E-state index is 13.3. The molecule has 0 amide bonds. The standard InChI is InChI=1S/C24H25N9O3/c1-13(22-25-4-3-5-26-22)28-21-19(24(34)31-16-12-27-32-20(16)21)23-29-14-10-17(33-6-8-36-9-7-33)18(35-2)11-15(14)30-23/h3-5,10-13H,6-9H2,1-2H3,(H,27,32)(H,29,30)(H2,28,31,34)/t13-/m0/s1. The number of rotatable bonds is 6. The van der Waals surface area contributed by atoms with Gasteiger partial charge in [0.15, 0.2) is 0 Å². The smallest absolute Gasteiger partial charge is 0.261 e. The van der Waals surface area contributed by atoms with Crippen LogP contribution in [0.15, 0.2) is 41.6 Å². The van der Waals surface area contributed by atoms with Gasteiger partial charge in [-0.3, -0.25) is 9.89 Å². The number of morpholine rings is 1. The van der Waals surface area contributed by atoms with Crippen LogP contribution in [0.1, 0.15) is 18.8 Å². The van der Waals surface area contributed by atoms with Crippen molar-refractivity contribution in [2.75, 3.05) is 43.6 Å². The van der Waals surface area contributed by atoms with E-state index in [1.807, 2.05) is 19.1 Å². The van der Waals surface area contributed by atoms with Gasteiger partial charge in [0, 0.05) is 31.5 Å². The lowest BCUT2D eigenvalue weighted by Crippen LogP contribution is -2.36. The summed E-state index contributed by atoms with van der Waals surface area (Å²) in [6.07, 6.45) is 4.95. The fourth-order valence-corrected chi connectivity index (χ4v) is 4.54. The van der Waals surface area contributed by atoms with Gasteiger partial charge in [0.1, 0.15) is 28.5 Å². The number of imidazole rings is 1. The van der Waals surface area contributed by atoms with Crippen LogP contribution in [0.3, 0.4) is 0 Å². The first-order chi connectivity index (χ1) is 17.6. The summed E-state index contributed by atoms with van der Waals surface area (Å²) in [5.74, 6) is 1.74. The largest absolute Gasteiger partial charge is 0.495 e. The molecule has 4 aromatic heterocycles. The van der Waals surface area contributed by atoms with Crippen molar-refractivity contribution in [2.45, 2.75) is 13.0 Å². The molecule has 1 atom stereocenters. The number of hydrogen-bond acceptors (Lipinski definition) is 9. The van der Waals surface area contributed by atoms with Crippen molar-refractivity contribution < 1.29 is 9.47 Å². The van der Waals surface area contributed by atoms with Gasteiger partial charge in [-0.05, 0) is 19.1 Å². The van der Waals surface area contributed by atoms with Crippen LogP contribution < -0.4 is 20.5 Å². The van der Waals surface area contributed by atoms with Gasteiger partial charge in [-0.15, -0.1) is 0 Å². The SMILES string of the molecule is COc1cc2nc(-c3c(N[C@@H](C)c4ncccn4)c4[nH]ncc4[nH]c3=O)[nH]c2cc1N1CCOCC1. The molecule has 1 aliphatic rings. The highest BCUT2D eigenvalue weighted by Crippen LogP contribution is 2.36. The Kier molecular flexibility index (Phi) is 5.49. The Morgan fingerprint density at radius 1 is 1.14 bits per heavy atom. The summed E-state index contributed by atoms with van der Waals surface area (Å²) in [6.45, 7) is 4.79. The summed E-state index contributed by atoms with van der Waals surface area (Å²) in [7, 11) is 1.64. The molecular weight excluding hydrogens is 462 g/mol. The molecule has 0 bridgehead atoms. The highest BCUT2D eigenvalue weighted by Gasteiger charge is 2.23. The van der Waals surface area contributed by atoms with E-state index in [4.69, 9.17) is 14.5 Å². The topological polar surface area (TPSA) is 150 Å². The van der Waals surface area contributed by atoms with Crippen molar-refractivity contribution in [2.24, 2.45) is 0 Å². The predicted molar refractivity (Wildman–Crippen MR) is 135 cm³/mol. The molecule has 36 heavy (non-hydrogen) atoms. The Hall–Kier alpha value is -4.45. The second-order valence-electron chi connectivity index (χ2n) is 8.56. The molecule has 1 saturated heterocycles. The molecule has 12 nitrogen and oxygen atoms in total. The molecule has 5 heterocycles. The Bertz CT molecular complexity index is 1590. The molecule has 0 spiro atoms. The Balaban J connectivity index is 1.48. The number of hydrogen-bond donors (Lipinski definition) is 4. The first-order valence-corrected chi connectivity index (χ1v) is 11.7. The van der Waals surface area contributed by atoms with Crippen LogP contribution in [0.2, 0.25) is 0 Å². The fraction of sp³-hybridized carbons (Fsp3) is 0.292. The van der Waals surface area contributed by atoms with E-state index in [0.29, 0.717) is 58.4 Å². The zero-order chi connectivity index (χ0) is 24.6. The van der Waals surface area contributed by atoms with Crippen LogP contribution in [0.4, 0.5) is 11.4 Å². The maximum Gasteiger partial charge on any atom is 0.261 e. The van der Waals surface area contributed by atoms with Crippen LogP contribution in [-0.4, -0.2) is 68.5 Å². The average Bonchev–Trinajstić information content (AvgIpc) is 3.55. The van der Waals surface area contributed by atoms with Gasteiger partial charge in [0.05, 0.1) is 60.5 Å². The molecule has 0 radical (unpaired) electrons. The molecule has 0 unspecified atom stereocenters. The highest BCUT2D eigenvalue weighted by atomic mass is 16.5. The van der Waals surface area contributed by atoms with E-state index in [2.05, 4.69) is 40.3 Å². The van der Waals surface area contributed by atoms with Gasteiger partial charge >= 0.3 is 0 Å². The number of aromatic amines is 3. The minimum absolute atomic E-state index is 0.282. The monoisotopic (exact) mass is 487 g/mol. The lowest BCUT2D eigenvalue weighted by Gasteiger charge is -2.30. The van der Waals surface area contributed by atoms with Crippen LogP contribution >= 0.6 is 0 Å². The van der Waals surface area contributed by atoms with Crippen LogP contribution in [-0.2, 0) is 4.74 Å². The van der Waals surface area contributed by atoms with Crippen molar-refractivity contribution >= 4 is 33.4 Å². The first-order valence-electron chi connectivity index (χ1n) is 11.7. The predicted octanol–water partition coefficient (Wildman–Crippen LogP) is 2.60. The summed E-state index contributed by atoms with van der Waals surface area (Å²) >= 11 is 0. The average molecular weight is 488 g/mol. The summed E-state index contributed by atoms with van der Waals surface area (Å²) in [5, 5.41) is 10.5. The number of aromatic nitrogens is 7. The third-order valence-electron chi connectivity index (χ3n) is 6.32.